The van der Waals surface area contributed by atoms with E-state index in [4.69, 9.17) is 0 Å². The van der Waals surface area contributed by atoms with E-state index < -0.39 is 11.6 Å². The fraction of sp³-hybridized carbons (Fsp3) is 0.118. The minimum absolute atomic E-state index is 0.274. The molecule has 3 aromatic rings. The predicted molar refractivity (Wildman–Crippen MR) is 76.6 cm³/mol. The van der Waals surface area contributed by atoms with Crippen molar-refractivity contribution in [3.05, 3.63) is 65.5 Å². The molecule has 0 fully saturated rings. The van der Waals surface area contributed by atoms with Gasteiger partial charge in [0.15, 0.2) is 11.6 Å². The van der Waals surface area contributed by atoms with Gasteiger partial charge in [0.05, 0.1) is 0 Å². The van der Waals surface area contributed by atoms with Crippen LogP contribution in [0, 0.1) is 25.5 Å². The Labute approximate surface area is 115 Å². The SMILES string of the molecule is Cc1cc2ccc(-c3ccc(C)c(F)c3F)cc2cn1. The van der Waals surface area contributed by atoms with E-state index in [1.807, 2.05) is 25.1 Å². The summed E-state index contributed by atoms with van der Waals surface area (Å²) in [5.74, 6) is -1.59. The topological polar surface area (TPSA) is 12.9 Å². The van der Waals surface area contributed by atoms with E-state index in [9.17, 15) is 8.78 Å². The fourth-order valence-electron chi connectivity index (χ4n) is 2.29. The average molecular weight is 269 g/mol. The van der Waals surface area contributed by atoms with Gasteiger partial charge in [-0.25, -0.2) is 8.78 Å². The molecule has 3 rings (SSSR count). The normalized spacial score (nSPS) is 11.0. The molecule has 0 saturated carbocycles. The first-order valence-electron chi connectivity index (χ1n) is 6.37. The van der Waals surface area contributed by atoms with Gasteiger partial charge in [0.2, 0.25) is 0 Å². The number of halogens is 2. The Morgan fingerprint density at radius 2 is 1.65 bits per heavy atom. The summed E-state index contributed by atoms with van der Waals surface area (Å²) >= 11 is 0. The minimum Gasteiger partial charge on any atom is -0.261 e. The molecule has 1 heterocycles. The molecule has 100 valence electrons. The van der Waals surface area contributed by atoms with Crippen LogP contribution < -0.4 is 0 Å². The van der Waals surface area contributed by atoms with Crippen LogP contribution in [0.25, 0.3) is 21.9 Å². The monoisotopic (exact) mass is 269 g/mol. The summed E-state index contributed by atoms with van der Waals surface area (Å²) in [5, 5.41) is 1.95. The van der Waals surface area contributed by atoms with E-state index in [2.05, 4.69) is 4.98 Å². The second-order valence-corrected chi connectivity index (χ2v) is 4.95. The van der Waals surface area contributed by atoms with E-state index in [1.54, 1.807) is 31.3 Å². The number of nitrogens with zero attached hydrogens (tertiary/aromatic N) is 1. The maximum atomic E-state index is 14.0. The van der Waals surface area contributed by atoms with Gasteiger partial charge in [-0.2, -0.15) is 0 Å². The standard InChI is InChI=1S/C17H13F2N/c1-10-3-6-15(17(19)16(10)18)13-5-4-12-7-11(2)20-9-14(12)8-13/h3-9H,1-2H3. The van der Waals surface area contributed by atoms with Gasteiger partial charge >= 0.3 is 0 Å². The number of rotatable bonds is 1. The summed E-state index contributed by atoms with van der Waals surface area (Å²) in [7, 11) is 0. The Morgan fingerprint density at radius 3 is 2.45 bits per heavy atom. The molecule has 0 atom stereocenters. The highest BCUT2D eigenvalue weighted by atomic mass is 19.2. The zero-order valence-electron chi connectivity index (χ0n) is 11.2. The van der Waals surface area contributed by atoms with Gasteiger partial charge in [-0.15, -0.1) is 0 Å². The summed E-state index contributed by atoms with van der Waals surface area (Å²) in [6, 6.07) is 10.7. The number of benzene rings is 2. The number of aromatic nitrogens is 1. The van der Waals surface area contributed by atoms with Crippen LogP contribution in [0.2, 0.25) is 0 Å². The van der Waals surface area contributed by atoms with E-state index in [-0.39, 0.29) is 5.56 Å². The Kier molecular flexibility index (Phi) is 2.97. The molecule has 0 saturated heterocycles. The first-order chi connectivity index (χ1) is 9.56. The van der Waals surface area contributed by atoms with Crippen LogP contribution in [-0.2, 0) is 0 Å². The zero-order valence-corrected chi connectivity index (χ0v) is 11.2. The molecule has 0 unspecified atom stereocenters. The van der Waals surface area contributed by atoms with Crippen LogP contribution in [-0.4, -0.2) is 4.98 Å². The number of hydrogen-bond donors (Lipinski definition) is 0. The highest BCUT2D eigenvalue weighted by Gasteiger charge is 2.12. The second kappa shape index (κ2) is 4.67. The Bertz CT molecular complexity index is 809. The third kappa shape index (κ3) is 2.05. The van der Waals surface area contributed by atoms with E-state index in [0.717, 1.165) is 16.5 Å². The quantitative estimate of drug-likeness (QED) is 0.618. The van der Waals surface area contributed by atoms with Crippen LogP contribution in [0.1, 0.15) is 11.3 Å². The number of fused-ring (bicyclic) bond motifs is 1. The smallest absolute Gasteiger partial charge is 0.166 e. The molecule has 0 bridgehead atoms. The molecule has 0 spiro atoms. The maximum absolute atomic E-state index is 14.0. The third-order valence-electron chi connectivity index (χ3n) is 3.44. The first kappa shape index (κ1) is 12.7. The van der Waals surface area contributed by atoms with Crippen LogP contribution in [0.5, 0.6) is 0 Å². The highest BCUT2D eigenvalue weighted by Crippen LogP contribution is 2.28. The molecule has 0 aliphatic rings. The van der Waals surface area contributed by atoms with Gasteiger partial charge in [0.25, 0.3) is 0 Å². The van der Waals surface area contributed by atoms with Gasteiger partial charge in [0, 0.05) is 22.8 Å². The van der Waals surface area contributed by atoms with Gasteiger partial charge in [0.1, 0.15) is 0 Å². The molecule has 0 amide bonds. The van der Waals surface area contributed by atoms with Crippen molar-refractivity contribution in [3.8, 4) is 11.1 Å². The summed E-state index contributed by atoms with van der Waals surface area (Å²) in [5.41, 5.74) is 2.16. The van der Waals surface area contributed by atoms with E-state index in [1.165, 1.54) is 0 Å². The fourth-order valence-corrected chi connectivity index (χ4v) is 2.29. The number of aryl methyl sites for hydroxylation is 2. The van der Waals surface area contributed by atoms with Crippen molar-refractivity contribution >= 4 is 10.8 Å². The van der Waals surface area contributed by atoms with E-state index in [0.29, 0.717) is 11.1 Å². The minimum atomic E-state index is -0.801. The number of pyridine rings is 1. The van der Waals surface area contributed by atoms with Crippen molar-refractivity contribution in [2.75, 3.05) is 0 Å². The van der Waals surface area contributed by atoms with Crippen molar-refractivity contribution in [1.29, 1.82) is 0 Å². The lowest BCUT2D eigenvalue weighted by Crippen LogP contribution is -1.93. The lowest BCUT2D eigenvalue weighted by atomic mass is 10.00. The molecule has 0 aliphatic heterocycles. The summed E-state index contributed by atoms with van der Waals surface area (Å²) in [4.78, 5) is 4.23. The molecule has 2 aromatic carbocycles. The summed E-state index contributed by atoms with van der Waals surface area (Å²) < 4.78 is 27.7. The molecular weight excluding hydrogens is 256 g/mol. The van der Waals surface area contributed by atoms with Crippen molar-refractivity contribution < 1.29 is 8.78 Å². The van der Waals surface area contributed by atoms with Gasteiger partial charge < -0.3 is 0 Å². The van der Waals surface area contributed by atoms with Crippen molar-refractivity contribution in [1.82, 2.24) is 4.98 Å². The Morgan fingerprint density at radius 1 is 0.850 bits per heavy atom. The first-order valence-corrected chi connectivity index (χ1v) is 6.37. The highest BCUT2D eigenvalue weighted by molar-refractivity contribution is 5.87. The molecule has 3 heteroatoms. The van der Waals surface area contributed by atoms with E-state index >= 15 is 0 Å². The van der Waals surface area contributed by atoms with Crippen molar-refractivity contribution in [2.24, 2.45) is 0 Å². The Hall–Kier alpha value is -2.29. The zero-order chi connectivity index (χ0) is 14.3. The van der Waals surface area contributed by atoms with Crippen LogP contribution >= 0.6 is 0 Å². The molecule has 1 aromatic heterocycles. The van der Waals surface area contributed by atoms with Crippen molar-refractivity contribution in [3.63, 3.8) is 0 Å². The molecule has 20 heavy (non-hydrogen) atoms. The molecule has 0 aliphatic carbocycles. The molecule has 1 nitrogen and oxygen atoms in total. The lowest BCUT2D eigenvalue weighted by Gasteiger charge is -2.08. The third-order valence-corrected chi connectivity index (χ3v) is 3.44. The largest absolute Gasteiger partial charge is 0.261 e. The second-order valence-electron chi connectivity index (χ2n) is 4.95. The molecule has 0 N–H and O–H groups in total. The summed E-state index contributed by atoms with van der Waals surface area (Å²) in [6.45, 7) is 3.47. The Balaban J connectivity index is 2.20. The van der Waals surface area contributed by atoms with Gasteiger partial charge in [-0.3, -0.25) is 4.98 Å². The average Bonchev–Trinajstić information content (AvgIpc) is 2.44. The van der Waals surface area contributed by atoms with Crippen LogP contribution in [0.15, 0.2) is 42.6 Å². The van der Waals surface area contributed by atoms with Crippen LogP contribution in [0.3, 0.4) is 0 Å². The van der Waals surface area contributed by atoms with Crippen LogP contribution in [0.4, 0.5) is 8.78 Å². The molecule has 0 radical (unpaired) electrons. The predicted octanol–water partition coefficient (Wildman–Crippen LogP) is 4.80. The number of hydrogen-bond acceptors (Lipinski definition) is 1. The van der Waals surface area contributed by atoms with Gasteiger partial charge in [-0.05, 0) is 42.5 Å². The van der Waals surface area contributed by atoms with Gasteiger partial charge in [-0.1, -0.05) is 24.3 Å². The summed E-state index contributed by atoms with van der Waals surface area (Å²) in [6.07, 6.45) is 1.75. The molecular formula is C17H13F2N. The van der Waals surface area contributed by atoms with Crippen molar-refractivity contribution in [2.45, 2.75) is 13.8 Å². The lowest BCUT2D eigenvalue weighted by molar-refractivity contribution is 0.505. The maximum Gasteiger partial charge on any atom is 0.166 e.